The molecule has 0 aliphatic carbocycles. The molecule has 1 saturated heterocycles. The number of likely N-dealkylation sites (tertiary alicyclic amines) is 1. The minimum absolute atomic E-state index is 0.0221. The van der Waals surface area contributed by atoms with Crippen molar-refractivity contribution in [2.45, 2.75) is 70.0 Å². The molecule has 9 heteroatoms. The van der Waals surface area contributed by atoms with Gasteiger partial charge in [0.15, 0.2) is 5.66 Å². The number of aromatic nitrogens is 2. The van der Waals surface area contributed by atoms with Gasteiger partial charge in [-0.25, -0.2) is 9.78 Å². The van der Waals surface area contributed by atoms with Gasteiger partial charge in [0, 0.05) is 30.9 Å². The Hall–Kier alpha value is -2.28. The van der Waals surface area contributed by atoms with E-state index in [9.17, 15) is 24.2 Å². The highest BCUT2D eigenvalue weighted by molar-refractivity contribution is 7.59. The fourth-order valence-corrected chi connectivity index (χ4v) is 7.05. The SMILES string of the molecule is C[C@@H]1CCC[N+]1(C(=O)O)C(=O)C(CCCc1cnc[nH]1)P(=O)(O)CCCCc1ccccc1. The van der Waals surface area contributed by atoms with Crippen LogP contribution < -0.4 is 0 Å². The number of H-pyrrole nitrogens is 1. The zero-order valence-corrected chi connectivity index (χ0v) is 20.1. The Labute approximate surface area is 195 Å². The molecule has 33 heavy (non-hydrogen) atoms. The van der Waals surface area contributed by atoms with Gasteiger partial charge in [-0.05, 0) is 51.0 Å². The number of hydrogen-bond acceptors (Lipinski definition) is 4. The van der Waals surface area contributed by atoms with Crippen LogP contribution in [0.5, 0.6) is 0 Å². The summed E-state index contributed by atoms with van der Waals surface area (Å²) in [6, 6.07) is 9.53. The molecule has 0 bridgehead atoms. The molecule has 0 spiro atoms. The molecule has 1 aromatic heterocycles. The topological polar surface area (TPSA) is 120 Å². The molecule has 1 aromatic carbocycles. The van der Waals surface area contributed by atoms with Crippen molar-refractivity contribution in [1.29, 1.82) is 0 Å². The molecule has 8 nitrogen and oxygen atoms in total. The third-order valence-corrected chi connectivity index (χ3v) is 9.32. The van der Waals surface area contributed by atoms with Gasteiger partial charge >= 0.3 is 12.0 Å². The standard InChI is InChI=1S/C24H34N3O5P/c1-19-9-8-15-27(19,24(29)30)23(28)22(14-7-13-21-17-25-18-26-21)33(31,32)16-6-5-12-20-10-3-2-4-11-20/h2-4,10-11,17-19,22H,5-9,12-16H2,1H3,(H2-,25,26,29,30,31,32)/p+1/t19-,22?,27?/m1/s1. The minimum atomic E-state index is -3.90. The molecule has 1 fully saturated rings. The quantitative estimate of drug-likeness (QED) is 0.248. The van der Waals surface area contributed by atoms with Gasteiger partial charge in [-0.2, -0.15) is 9.28 Å². The second-order valence-corrected chi connectivity index (χ2v) is 11.7. The van der Waals surface area contributed by atoms with Crippen LogP contribution in [0.15, 0.2) is 42.9 Å². The average Bonchev–Trinajstić information content (AvgIpc) is 3.44. The summed E-state index contributed by atoms with van der Waals surface area (Å²) in [7, 11) is -3.90. The first-order valence-corrected chi connectivity index (χ1v) is 13.7. The molecule has 1 aliphatic rings. The number of carbonyl (C=O) groups is 2. The molecular formula is C24H35N3O5P+. The molecule has 4 atom stereocenters. The number of aryl methyl sites for hydroxylation is 2. The minimum Gasteiger partial charge on any atom is -0.435 e. The van der Waals surface area contributed by atoms with E-state index in [4.69, 9.17) is 0 Å². The number of nitrogens with zero attached hydrogens (tertiary/aromatic N) is 2. The number of nitrogens with one attached hydrogen (secondary N) is 1. The van der Waals surface area contributed by atoms with E-state index in [0.717, 1.165) is 18.5 Å². The number of benzene rings is 1. The highest BCUT2D eigenvalue weighted by Crippen LogP contribution is 2.51. The molecule has 1 aliphatic heterocycles. The maximum Gasteiger partial charge on any atom is 0.521 e. The van der Waals surface area contributed by atoms with E-state index in [2.05, 4.69) is 9.97 Å². The van der Waals surface area contributed by atoms with Crippen LogP contribution in [0.3, 0.4) is 0 Å². The van der Waals surface area contributed by atoms with Crippen LogP contribution in [0.2, 0.25) is 0 Å². The van der Waals surface area contributed by atoms with E-state index in [0.29, 0.717) is 32.1 Å². The second kappa shape index (κ2) is 11.2. The van der Waals surface area contributed by atoms with Gasteiger partial charge in [-0.1, -0.05) is 30.3 Å². The van der Waals surface area contributed by atoms with Gasteiger partial charge in [0.25, 0.3) is 0 Å². The van der Waals surface area contributed by atoms with E-state index in [1.165, 1.54) is 5.56 Å². The smallest absolute Gasteiger partial charge is 0.435 e. The first-order valence-electron chi connectivity index (χ1n) is 11.8. The fraction of sp³-hybridized carbons (Fsp3) is 0.542. The predicted octanol–water partition coefficient (Wildman–Crippen LogP) is 4.60. The second-order valence-electron chi connectivity index (χ2n) is 9.11. The van der Waals surface area contributed by atoms with Gasteiger partial charge in [0.05, 0.1) is 12.9 Å². The average molecular weight is 477 g/mol. The van der Waals surface area contributed by atoms with Crippen molar-refractivity contribution in [2.24, 2.45) is 0 Å². The molecule has 3 unspecified atom stereocenters. The lowest BCUT2D eigenvalue weighted by Crippen LogP contribution is -2.61. The van der Waals surface area contributed by atoms with Crippen molar-refractivity contribution in [3.63, 3.8) is 0 Å². The number of imide groups is 1. The van der Waals surface area contributed by atoms with Crippen LogP contribution in [0.25, 0.3) is 0 Å². The predicted molar refractivity (Wildman–Crippen MR) is 126 cm³/mol. The monoisotopic (exact) mass is 476 g/mol. The van der Waals surface area contributed by atoms with Gasteiger partial charge < -0.3 is 15.0 Å². The number of unbranched alkanes of at least 4 members (excludes halogenated alkanes) is 1. The van der Waals surface area contributed by atoms with E-state index in [1.807, 2.05) is 30.3 Å². The molecule has 2 amide bonds. The van der Waals surface area contributed by atoms with Crippen LogP contribution in [0.4, 0.5) is 4.79 Å². The van der Waals surface area contributed by atoms with E-state index in [-0.39, 0.29) is 19.1 Å². The Kier molecular flexibility index (Phi) is 8.63. The number of amides is 2. The van der Waals surface area contributed by atoms with E-state index < -0.39 is 35.6 Å². The van der Waals surface area contributed by atoms with Gasteiger partial charge in [0.2, 0.25) is 7.37 Å². The summed E-state index contributed by atoms with van der Waals surface area (Å²) in [6.07, 6.45) is 6.61. The van der Waals surface area contributed by atoms with E-state index in [1.54, 1.807) is 19.4 Å². The van der Waals surface area contributed by atoms with Crippen LogP contribution in [0.1, 0.15) is 56.7 Å². The Bertz CT molecular complexity index is 966. The van der Waals surface area contributed by atoms with Crippen molar-refractivity contribution in [3.8, 4) is 0 Å². The first kappa shape index (κ1) is 25.3. The Balaban J connectivity index is 1.72. The summed E-state index contributed by atoms with van der Waals surface area (Å²) in [6.45, 7) is 1.93. The Morgan fingerprint density at radius 3 is 2.58 bits per heavy atom. The maximum absolute atomic E-state index is 13.7. The number of carboxylic acid groups (broad SMARTS) is 1. The van der Waals surface area contributed by atoms with Crippen LogP contribution in [0, 0.1) is 0 Å². The lowest BCUT2D eigenvalue weighted by atomic mass is 10.1. The van der Waals surface area contributed by atoms with Gasteiger partial charge in [0.1, 0.15) is 6.04 Å². The number of quaternary nitrogens is 1. The summed E-state index contributed by atoms with van der Waals surface area (Å²) < 4.78 is 12.8. The summed E-state index contributed by atoms with van der Waals surface area (Å²) >= 11 is 0. The van der Waals surface area contributed by atoms with Crippen molar-refractivity contribution in [3.05, 3.63) is 54.1 Å². The zero-order valence-electron chi connectivity index (χ0n) is 19.2. The largest absolute Gasteiger partial charge is 0.521 e. The Morgan fingerprint density at radius 2 is 1.97 bits per heavy atom. The summed E-state index contributed by atoms with van der Waals surface area (Å²) in [4.78, 5) is 43.9. The fourth-order valence-electron chi connectivity index (χ4n) is 4.92. The third-order valence-electron chi connectivity index (χ3n) is 6.91. The van der Waals surface area contributed by atoms with Crippen molar-refractivity contribution in [2.75, 3.05) is 12.7 Å². The Morgan fingerprint density at radius 1 is 1.21 bits per heavy atom. The van der Waals surface area contributed by atoms with Crippen LogP contribution in [-0.2, 0) is 22.2 Å². The van der Waals surface area contributed by atoms with Gasteiger partial charge in [-0.15, -0.1) is 0 Å². The number of aromatic amines is 1. The number of imidazole rings is 1. The van der Waals surface area contributed by atoms with E-state index >= 15 is 0 Å². The van der Waals surface area contributed by atoms with Crippen molar-refractivity contribution in [1.82, 2.24) is 9.97 Å². The molecule has 3 N–H and O–H groups in total. The first-order chi connectivity index (χ1) is 15.8. The highest BCUT2D eigenvalue weighted by atomic mass is 31.2. The molecule has 0 saturated carbocycles. The zero-order chi connectivity index (χ0) is 23.9. The summed E-state index contributed by atoms with van der Waals surface area (Å²) in [5.74, 6) is -0.606. The van der Waals surface area contributed by atoms with Crippen LogP contribution >= 0.6 is 7.37 Å². The number of hydrogen-bond donors (Lipinski definition) is 3. The lowest BCUT2D eigenvalue weighted by Gasteiger charge is -2.34. The molecular weight excluding hydrogens is 441 g/mol. The lowest BCUT2D eigenvalue weighted by molar-refractivity contribution is -0.792. The summed E-state index contributed by atoms with van der Waals surface area (Å²) in [5.41, 5.74) is 0.876. The molecule has 2 aromatic rings. The normalized spacial score (nSPS) is 23.2. The maximum atomic E-state index is 13.7. The van der Waals surface area contributed by atoms with Gasteiger partial charge in [-0.3, -0.25) is 4.57 Å². The summed E-state index contributed by atoms with van der Waals surface area (Å²) in [5, 5.41) is 10.0. The molecule has 180 valence electrons. The third kappa shape index (κ3) is 5.99. The van der Waals surface area contributed by atoms with Crippen LogP contribution in [-0.4, -0.2) is 60.9 Å². The van der Waals surface area contributed by atoms with Crippen molar-refractivity contribution < 1.29 is 28.6 Å². The molecule has 0 radical (unpaired) electrons. The molecule has 2 heterocycles. The highest BCUT2D eigenvalue weighted by Gasteiger charge is 2.58. The number of carbonyl (C=O) groups excluding carboxylic acids is 1. The number of rotatable bonds is 11. The van der Waals surface area contributed by atoms with Crippen molar-refractivity contribution >= 4 is 19.4 Å². The molecule has 3 rings (SSSR count).